The van der Waals surface area contributed by atoms with Crippen molar-refractivity contribution in [2.75, 3.05) is 0 Å². The normalized spacial score (nSPS) is 16.7. The minimum absolute atomic E-state index is 0.0329. The number of benzene rings is 2. The smallest absolute Gasteiger partial charge is 0.148 e. The van der Waals surface area contributed by atoms with Crippen LogP contribution < -0.4 is 4.74 Å². The average Bonchev–Trinajstić information content (AvgIpc) is 2.60. The maximum absolute atomic E-state index is 12.8. The fraction of sp³-hybridized carbons (Fsp3) is 0.348. The lowest BCUT2D eigenvalue weighted by Crippen LogP contribution is -2.36. The van der Waals surface area contributed by atoms with Gasteiger partial charge in [-0.3, -0.25) is 9.59 Å². The van der Waals surface area contributed by atoms with Crippen molar-refractivity contribution in [3.8, 4) is 17.6 Å². The van der Waals surface area contributed by atoms with Crippen LogP contribution in [0.4, 0.5) is 0 Å². The average molecular weight is 396 g/mol. The second-order valence-electron chi connectivity index (χ2n) is 7.95. The van der Waals surface area contributed by atoms with E-state index in [1.807, 2.05) is 39.0 Å². The fourth-order valence-electron chi connectivity index (χ4n) is 3.75. The molecule has 0 radical (unpaired) electrons. The predicted octanol–water partition coefficient (Wildman–Crippen LogP) is 5.61. The Balaban J connectivity index is 1.95. The third kappa shape index (κ3) is 4.10. The topological polar surface area (TPSA) is 67.2 Å². The van der Waals surface area contributed by atoms with E-state index in [-0.39, 0.29) is 17.0 Å². The number of hydrogen-bond acceptors (Lipinski definition) is 4. The van der Waals surface area contributed by atoms with E-state index in [2.05, 4.69) is 0 Å². The predicted molar refractivity (Wildman–Crippen MR) is 108 cm³/mol. The number of ether oxygens (including phenoxy) is 1. The summed E-state index contributed by atoms with van der Waals surface area (Å²) in [6.45, 7) is 5.91. The first kappa shape index (κ1) is 20.1. The number of aryl methyl sites for hydroxylation is 1. The molecule has 144 valence electrons. The van der Waals surface area contributed by atoms with Crippen molar-refractivity contribution in [2.45, 2.75) is 46.0 Å². The van der Waals surface area contributed by atoms with Crippen molar-refractivity contribution in [2.24, 2.45) is 5.41 Å². The largest absolute Gasteiger partial charge is 0.457 e. The standard InChI is InChI=1S/C23H22ClNO3/c1-4-14-5-7-16(28-17-8-6-15(13-25)19(24)10-17)9-18(14)22-20(26)11-23(2,3)12-21(22)27/h5-10,22H,4,11-12H2,1-3H3. The van der Waals surface area contributed by atoms with E-state index in [0.717, 1.165) is 17.5 Å². The molecule has 0 unspecified atom stereocenters. The Morgan fingerprint density at radius 3 is 2.29 bits per heavy atom. The molecule has 0 amide bonds. The van der Waals surface area contributed by atoms with E-state index in [4.69, 9.17) is 21.6 Å². The van der Waals surface area contributed by atoms with Gasteiger partial charge in [0.05, 0.1) is 10.6 Å². The number of hydrogen-bond donors (Lipinski definition) is 0. The van der Waals surface area contributed by atoms with Gasteiger partial charge in [-0.15, -0.1) is 0 Å². The number of carbonyl (C=O) groups is 2. The number of carbonyl (C=O) groups excluding carboxylic acids is 2. The van der Waals surface area contributed by atoms with E-state index in [1.54, 1.807) is 24.3 Å². The van der Waals surface area contributed by atoms with Crippen LogP contribution in [0.1, 0.15) is 56.2 Å². The van der Waals surface area contributed by atoms with Crippen LogP contribution in [0.25, 0.3) is 0 Å². The number of rotatable bonds is 4. The van der Waals surface area contributed by atoms with Gasteiger partial charge in [0.1, 0.15) is 35.1 Å². The van der Waals surface area contributed by atoms with E-state index in [1.165, 1.54) is 0 Å². The molecule has 5 heteroatoms. The molecule has 1 aliphatic rings. The number of nitriles is 1. The second kappa shape index (κ2) is 7.77. The van der Waals surface area contributed by atoms with Gasteiger partial charge in [0.15, 0.2) is 0 Å². The number of halogens is 1. The highest BCUT2D eigenvalue weighted by Crippen LogP contribution is 2.40. The van der Waals surface area contributed by atoms with Crippen LogP contribution in [-0.4, -0.2) is 11.6 Å². The zero-order valence-electron chi connectivity index (χ0n) is 16.2. The molecule has 2 aromatic carbocycles. The molecule has 2 aromatic rings. The van der Waals surface area contributed by atoms with Crippen LogP contribution in [0, 0.1) is 16.7 Å². The molecule has 0 saturated heterocycles. The lowest BCUT2D eigenvalue weighted by Gasteiger charge is -2.33. The second-order valence-corrected chi connectivity index (χ2v) is 8.36. The Hall–Kier alpha value is -2.64. The maximum atomic E-state index is 12.8. The number of ketones is 2. The highest BCUT2D eigenvalue weighted by atomic mass is 35.5. The van der Waals surface area contributed by atoms with E-state index >= 15 is 0 Å². The van der Waals surface area contributed by atoms with Crippen LogP contribution in [-0.2, 0) is 16.0 Å². The summed E-state index contributed by atoms with van der Waals surface area (Å²) in [6, 6.07) is 12.3. The van der Waals surface area contributed by atoms with Gasteiger partial charge in [0, 0.05) is 18.9 Å². The molecule has 1 saturated carbocycles. The van der Waals surface area contributed by atoms with Crippen LogP contribution in [0.15, 0.2) is 36.4 Å². The van der Waals surface area contributed by atoms with Gasteiger partial charge in [0.2, 0.25) is 0 Å². The van der Waals surface area contributed by atoms with Crippen molar-refractivity contribution < 1.29 is 14.3 Å². The monoisotopic (exact) mass is 395 g/mol. The molecule has 4 nitrogen and oxygen atoms in total. The van der Waals surface area contributed by atoms with Gasteiger partial charge < -0.3 is 4.74 Å². The fourth-order valence-corrected chi connectivity index (χ4v) is 3.96. The molecule has 0 N–H and O–H groups in total. The summed E-state index contributed by atoms with van der Waals surface area (Å²) in [7, 11) is 0. The first-order valence-electron chi connectivity index (χ1n) is 9.30. The summed E-state index contributed by atoms with van der Waals surface area (Å²) < 4.78 is 5.88. The summed E-state index contributed by atoms with van der Waals surface area (Å²) in [5, 5.41) is 9.30. The molecule has 0 aliphatic heterocycles. The Bertz CT molecular complexity index is 968. The van der Waals surface area contributed by atoms with Gasteiger partial charge in [-0.25, -0.2) is 0 Å². The van der Waals surface area contributed by atoms with Crippen molar-refractivity contribution in [3.63, 3.8) is 0 Å². The molecule has 1 fully saturated rings. The SMILES string of the molecule is CCc1ccc(Oc2ccc(C#N)c(Cl)c2)cc1C1C(=O)CC(C)(C)CC1=O. The number of nitrogens with zero attached hydrogens (tertiary/aromatic N) is 1. The van der Waals surface area contributed by atoms with E-state index < -0.39 is 5.92 Å². The van der Waals surface area contributed by atoms with Crippen molar-refractivity contribution in [1.29, 1.82) is 5.26 Å². The van der Waals surface area contributed by atoms with Crippen LogP contribution in [0.5, 0.6) is 11.5 Å². The van der Waals surface area contributed by atoms with Gasteiger partial charge in [-0.1, -0.05) is 38.4 Å². The molecular weight excluding hydrogens is 374 g/mol. The van der Waals surface area contributed by atoms with Gasteiger partial charge in [-0.2, -0.15) is 5.26 Å². The number of Topliss-reactive ketones (excluding diaryl/α,β-unsaturated/α-hetero) is 2. The highest BCUT2D eigenvalue weighted by Gasteiger charge is 2.41. The molecule has 3 rings (SSSR count). The molecule has 28 heavy (non-hydrogen) atoms. The first-order chi connectivity index (χ1) is 13.2. The van der Waals surface area contributed by atoms with Crippen LogP contribution >= 0.6 is 11.6 Å². The lowest BCUT2D eigenvalue weighted by atomic mass is 9.69. The van der Waals surface area contributed by atoms with Gasteiger partial charge in [-0.05, 0) is 47.2 Å². The third-order valence-corrected chi connectivity index (χ3v) is 5.37. The molecule has 0 heterocycles. The lowest BCUT2D eigenvalue weighted by molar-refractivity contribution is -0.135. The van der Waals surface area contributed by atoms with E-state index in [0.29, 0.717) is 34.9 Å². The quantitative estimate of drug-likeness (QED) is 0.631. The Labute approximate surface area is 170 Å². The Morgan fingerprint density at radius 2 is 1.71 bits per heavy atom. The third-order valence-electron chi connectivity index (χ3n) is 5.06. The Kier molecular flexibility index (Phi) is 5.58. The first-order valence-corrected chi connectivity index (χ1v) is 9.67. The minimum Gasteiger partial charge on any atom is -0.457 e. The maximum Gasteiger partial charge on any atom is 0.148 e. The Morgan fingerprint density at radius 1 is 1.11 bits per heavy atom. The molecular formula is C23H22ClNO3. The van der Waals surface area contributed by atoms with Crippen molar-refractivity contribution >= 4 is 23.2 Å². The summed E-state index contributed by atoms with van der Waals surface area (Å²) in [4.78, 5) is 25.5. The van der Waals surface area contributed by atoms with E-state index in [9.17, 15) is 9.59 Å². The van der Waals surface area contributed by atoms with Crippen LogP contribution in [0.3, 0.4) is 0 Å². The molecule has 0 atom stereocenters. The molecule has 1 aliphatic carbocycles. The van der Waals surface area contributed by atoms with Crippen LogP contribution in [0.2, 0.25) is 5.02 Å². The zero-order chi connectivity index (χ0) is 20.5. The summed E-state index contributed by atoms with van der Waals surface area (Å²) in [5.41, 5.74) is 1.78. The summed E-state index contributed by atoms with van der Waals surface area (Å²) in [6.07, 6.45) is 1.50. The molecule has 0 spiro atoms. The minimum atomic E-state index is -0.726. The summed E-state index contributed by atoms with van der Waals surface area (Å²) in [5.74, 6) is 0.222. The van der Waals surface area contributed by atoms with Gasteiger partial charge >= 0.3 is 0 Å². The van der Waals surface area contributed by atoms with Crippen molar-refractivity contribution in [3.05, 3.63) is 58.1 Å². The van der Waals surface area contributed by atoms with Crippen molar-refractivity contribution in [1.82, 2.24) is 0 Å². The molecule has 0 aromatic heterocycles. The molecule has 0 bridgehead atoms. The zero-order valence-corrected chi connectivity index (χ0v) is 17.0. The van der Waals surface area contributed by atoms with Gasteiger partial charge in [0.25, 0.3) is 0 Å². The highest BCUT2D eigenvalue weighted by molar-refractivity contribution is 6.31. The summed E-state index contributed by atoms with van der Waals surface area (Å²) >= 11 is 6.07.